The van der Waals surface area contributed by atoms with Gasteiger partial charge in [0.1, 0.15) is 0 Å². The molecular formula is C20H19N5S. The first-order valence-corrected chi connectivity index (χ1v) is 9.39. The first kappa shape index (κ1) is 16.5. The average Bonchev–Trinajstić information content (AvgIpc) is 3.35. The quantitative estimate of drug-likeness (QED) is 0.562. The molecule has 130 valence electrons. The van der Waals surface area contributed by atoms with Crippen LogP contribution in [0.1, 0.15) is 24.3 Å². The summed E-state index contributed by atoms with van der Waals surface area (Å²) in [7, 11) is 0. The lowest BCUT2D eigenvalue weighted by molar-refractivity contribution is 0.580. The van der Waals surface area contributed by atoms with E-state index in [0.717, 1.165) is 28.9 Å². The van der Waals surface area contributed by atoms with Crippen LogP contribution in [0.3, 0.4) is 0 Å². The highest BCUT2D eigenvalue weighted by atomic mass is 32.1. The monoisotopic (exact) mass is 361 g/mol. The molecular weight excluding hydrogens is 342 g/mol. The second-order valence-corrected chi connectivity index (χ2v) is 6.96. The highest BCUT2D eigenvalue weighted by molar-refractivity contribution is 7.10. The molecule has 0 radical (unpaired) electrons. The lowest BCUT2D eigenvalue weighted by Gasteiger charge is -2.19. The Morgan fingerprint density at radius 3 is 2.42 bits per heavy atom. The lowest BCUT2D eigenvalue weighted by atomic mass is 10.1. The number of nitrogens with zero attached hydrogens (tertiary/aromatic N) is 4. The van der Waals surface area contributed by atoms with Crippen molar-refractivity contribution < 1.29 is 0 Å². The fourth-order valence-electron chi connectivity index (χ4n) is 3.17. The van der Waals surface area contributed by atoms with Crippen LogP contribution in [0, 0.1) is 0 Å². The van der Waals surface area contributed by atoms with Gasteiger partial charge in [0.25, 0.3) is 0 Å². The van der Waals surface area contributed by atoms with Gasteiger partial charge in [-0.05, 0) is 17.9 Å². The lowest BCUT2D eigenvalue weighted by Crippen LogP contribution is -2.09. The van der Waals surface area contributed by atoms with Crippen LogP contribution in [-0.4, -0.2) is 19.5 Å². The number of anilines is 1. The van der Waals surface area contributed by atoms with Crippen LogP contribution in [0.2, 0.25) is 0 Å². The summed E-state index contributed by atoms with van der Waals surface area (Å²) in [6, 6.07) is 14.7. The first-order valence-electron chi connectivity index (χ1n) is 8.51. The van der Waals surface area contributed by atoms with Crippen molar-refractivity contribution in [1.29, 1.82) is 0 Å². The van der Waals surface area contributed by atoms with E-state index in [1.165, 1.54) is 4.88 Å². The Balaban J connectivity index is 1.92. The van der Waals surface area contributed by atoms with E-state index in [-0.39, 0.29) is 12.0 Å². The zero-order valence-electron chi connectivity index (χ0n) is 14.4. The van der Waals surface area contributed by atoms with Gasteiger partial charge in [0.2, 0.25) is 5.95 Å². The maximum Gasteiger partial charge on any atom is 0.219 e. The Morgan fingerprint density at radius 1 is 1.00 bits per heavy atom. The molecule has 0 aliphatic carbocycles. The minimum absolute atomic E-state index is 0.215. The van der Waals surface area contributed by atoms with Gasteiger partial charge in [0, 0.05) is 28.4 Å². The van der Waals surface area contributed by atoms with E-state index in [9.17, 15) is 0 Å². The summed E-state index contributed by atoms with van der Waals surface area (Å²) in [5.74, 6) is 0.270. The van der Waals surface area contributed by atoms with E-state index in [1.54, 1.807) is 23.7 Å². The fraction of sp³-hybridized carbons (Fsp3) is 0.150. The molecule has 0 spiro atoms. The smallest absolute Gasteiger partial charge is 0.219 e. The number of benzene rings is 1. The summed E-state index contributed by atoms with van der Waals surface area (Å²) in [4.78, 5) is 14.4. The Labute approximate surface area is 156 Å². The van der Waals surface area contributed by atoms with Crippen LogP contribution >= 0.6 is 11.3 Å². The molecule has 6 heteroatoms. The highest BCUT2D eigenvalue weighted by Gasteiger charge is 2.22. The molecule has 1 atom stereocenters. The third kappa shape index (κ3) is 2.99. The van der Waals surface area contributed by atoms with E-state index in [4.69, 9.17) is 10.7 Å². The van der Waals surface area contributed by atoms with E-state index in [0.29, 0.717) is 0 Å². The van der Waals surface area contributed by atoms with Crippen LogP contribution in [0.25, 0.3) is 22.5 Å². The largest absolute Gasteiger partial charge is 0.368 e. The van der Waals surface area contributed by atoms with Crippen molar-refractivity contribution >= 4 is 17.3 Å². The Morgan fingerprint density at radius 2 is 1.77 bits per heavy atom. The van der Waals surface area contributed by atoms with Crippen LogP contribution < -0.4 is 5.73 Å². The third-order valence-corrected chi connectivity index (χ3v) is 5.35. The molecule has 0 aliphatic heterocycles. The van der Waals surface area contributed by atoms with Gasteiger partial charge in [0.15, 0.2) is 0 Å². The molecule has 26 heavy (non-hydrogen) atoms. The molecule has 0 saturated heterocycles. The first-order chi connectivity index (χ1) is 12.8. The predicted octanol–water partition coefficient (Wildman–Crippen LogP) is 4.65. The van der Waals surface area contributed by atoms with Gasteiger partial charge < -0.3 is 10.3 Å². The van der Waals surface area contributed by atoms with Crippen LogP contribution in [0.5, 0.6) is 0 Å². The maximum atomic E-state index is 5.69. The molecule has 1 aromatic carbocycles. The van der Waals surface area contributed by atoms with Crippen LogP contribution in [0.4, 0.5) is 5.95 Å². The topological polar surface area (TPSA) is 69.6 Å². The van der Waals surface area contributed by atoms with Crippen molar-refractivity contribution in [3.63, 3.8) is 0 Å². The molecule has 4 rings (SSSR count). The Hall–Kier alpha value is -2.99. The summed E-state index contributed by atoms with van der Waals surface area (Å²) < 4.78 is 2.23. The number of nitrogen functional groups attached to an aromatic ring is 1. The van der Waals surface area contributed by atoms with E-state index >= 15 is 0 Å². The zero-order valence-corrected chi connectivity index (χ0v) is 15.2. The normalized spacial score (nSPS) is 12.2. The number of aromatic nitrogens is 4. The SMILES string of the molecule is CC[C@H](c1cccs1)n1cnc(-c2ccccc2)c1-c1cnc(N)nc1. The molecule has 4 aromatic rings. The molecule has 0 fully saturated rings. The number of imidazole rings is 1. The number of rotatable bonds is 5. The van der Waals surface area contributed by atoms with Crippen LogP contribution in [0.15, 0.2) is 66.6 Å². The van der Waals surface area contributed by atoms with Gasteiger partial charge in [0.05, 0.1) is 23.8 Å². The molecule has 3 aromatic heterocycles. The third-order valence-electron chi connectivity index (χ3n) is 4.38. The molecule has 0 amide bonds. The van der Waals surface area contributed by atoms with E-state index < -0.39 is 0 Å². The molecule has 5 nitrogen and oxygen atoms in total. The van der Waals surface area contributed by atoms with Crippen molar-refractivity contribution in [1.82, 2.24) is 19.5 Å². The van der Waals surface area contributed by atoms with Crippen molar-refractivity contribution in [3.05, 3.63) is 71.4 Å². The number of hydrogen-bond acceptors (Lipinski definition) is 5. The van der Waals surface area contributed by atoms with Crippen molar-refractivity contribution in [3.8, 4) is 22.5 Å². The summed E-state index contributed by atoms with van der Waals surface area (Å²) in [6.45, 7) is 2.19. The zero-order chi connectivity index (χ0) is 17.9. The van der Waals surface area contributed by atoms with Crippen molar-refractivity contribution in [2.45, 2.75) is 19.4 Å². The molecule has 0 saturated carbocycles. The van der Waals surface area contributed by atoms with Gasteiger partial charge in [-0.3, -0.25) is 0 Å². The minimum Gasteiger partial charge on any atom is -0.368 e. The molecule has 0 aliphatic rings. The van der Waals surface area contributed by atoms with Gasteiger partial charge >= 0.3 is 0 Å². The summed E-state index contributed by atoms with van der Waals surface area (Å²) in [5.41, 5.74) is 9.60. The number of thiophene rings is 1. The standard InChI is InChI=1S/C20H19N5S/c1-2-16(17-9-6-10-26-17)25-13-24-18(14-7-4-3-5-8-14)19(25)15-11-22-20(21)23-12-15/h3-13,16H,2H2,1H3,(H2,21,22,23)/t16-/m1/s1. The summed E-state index contributed by atoms with van der Waals surface area (Å²) in [6.07, 6.45) is 6.42. The van der Waals surface area contributed by atoms with Gasteiger partial charge in [-0.2, -0.15) is 0 Å². The van der Waals surface area contributed by atoms with E-state index in [2.05, 4.69) is 51.1 Å². The predicted molar refractivity (Wildman–Crippen MR) is 106 cm³/mol. The second-order valence-electron chi connectivity index (χ2n) is 5.98. The number of hydrogen-bond donors (Lipinski definition) is 1. The van der Waals surface area contributed by atoms with Gasteiger partial charge in [-0.15, -0.1) is 11.3 Å². The van der Waals surface area contributed by atoms with Gasteiger partial charge in [-0.25, -0.2) is 15.0 Å². The highest BCUT2D eigenvalue weighted by Crippen LogP contribution is 2.36. The van der Waals surface area contributed by atoms with Crippen molar-refractivity contribution in [2.75, 3.05) is 5.73 Å². The van der Waals surface area contributed by atoms with Gasteiger partial charge in [-0.1, -0.05) is 43.3 Å². The molecule has 2 N–H and O–H groups in total. The molecule has 3 heterocycles. The fourth-order valence-corrected chi connectivity index (χ4v) is 4.08. The minimum atomic E-state index is 0.215. The molecule has 0 unspecified atom stereocenters. The Bertz CT molecular complexity index is 975. The number of nitrogens with two attached hydrogens (primary N) is 1. The summed E-state index contributed by atoms with van der Waals surface area (Å²) >= 11 is 1.76. The molecule has 0 bridgehead atoms. The average molecular weight is 361 g/mol. The van der Waals surface area contributed by atoms with Crippen LogP contribution in [-0.2, 0) is 0 Å². The van der Waals surface area contributed by atoms with E-state index in [1.807, 2.05) is 24.5 Å². The van der Waals surface area contributed by atoms with Crippen molar-refractivity contribution in [2.24, 2.45) is 0 Å². The Kier molecular flexibility index (Phi) is 4.50. The summed E-state index contributed by atoms with van der Waals surface area (Å²) in [5, 5.41) is 2.11. The second kappa shape index (κ2) is 7.09. The maximum absolute atomic E-state index is 5.69.